The number of rotatable bonds is 7. The first-order valence-electron chi connectivity index (χ1n) is 12.6. The molecule has 3 nitrogen and oxygen atoms in total. The topological polar surface area (TPSA) is 60.7 Å². The maximum atomic E-state index is 10.5. The fraction of sp³-hybridized carbons (Fsp3) is 0.786. The normalized spacial score (nSPS) is 37.8. The molecule has 3 rings (SSSR count). The van der Waals surface area contributed by atoms with Crippen LogP contribution in [0.4, 0.5) is 0 Å². The van der Waals surface area contributed by atoms with Gasteiger partial charge in [0.05, 0.1) is 17.8 Å². The summed E-state index contributed by atoms with van der Waals surface area (Å²) in [5.74, 6) is 1.95. The van der Waals surface area contributed by atoms with Crippen molar-refractivity contribution in [3.05, 3.63) is 34.9 Å². The van der Waals surface area contributed by atoms with Gasteiger partial charge < -0.3 is 15.3 Å². The van der Waals surface area contributed by atoms with Gasteiger partial charge in [0.1, 0.15) is 0 Å². The average molecular weight is 431 g/mol. The molecule has 0 aromatic carbocycles. The van der Waals surface area contributed by atoms with Crippen LogP contribution in [0.2, 0.25) is 0 Å². The second-order valence-electron chi connectivity index (χ2n) is 11.8. The summed E-state index contributed by atoms with van der Waals surface area (Å²) in [6, 6.07) is 0. The Morgan fingerprint density at radius 3 is 2.61 bits per heavy atom. The zero-order valence-electron chi connectivity index (χ0n) is 20.7. The Kier molecular flexibility index (Phi) is 7.61. The van der Waals surface area contributed by atoms with Crippen molar-refractivity contribution in [3.63, 3.8) is 0 Å². The molecule has 31 heavy (non-hydrogen) atoms. The van der Waals surface area contributed by atoms with Gasteiger partial charge in [-0.2, -0.15) is 0 Å². The van der Waals surface area contributed by atoms with Gasteiger partial charge in [0, 0.05) is 5.92 Å². The highest BCUT2D eigenvalue weighted by molar-refractivity contribution is 5.37. The van der Waals surface area contributed by atoms with Crippen molar-refractivity contribution in [2.45, 2.75) is 111 Å². The molecule has 3 aliphatic rings. The van der Waals surface area contributed by atoms with Crippen LogP contribution in [0.5, 0.6) is 0 Å². The highest BCUT2D eigenvalue weighted by Gasteiger charge is 2.49. The van der Waals surface area contributed by atoms with Gasteiger partial charge in [0.2, 0.25) is 0 Å². The smallest absolute Gasteiger partial charge is 0.0803 e. The van der Waals surface area contributed by atoms with E-state index in [1.165, 1.54) is 31.3 Å². The van der Waals surface area contributed by atoms with Gasteiger partial charge in [0.15, 0.2) is 0 Å². The van der Waals surface area contributed by atoms with Gasteiger partial charge in [-0.3, -0.25) is 0 Å². The first-order chi connectivity index (χ1) is 14.4. The lowest BCUT2D eigenvalue weighted by Gasteiger charge is -2.43. The third-order valence-corrected chi connectivity index (χ3v) is 8.97. The Morgan fingerprint density at radius 2 is 1.94 bits per heavy atom. The third kappa shape index (κ3) is 5.37. The molecular weight excluding hydrogens is 384 g/mol. The SMILES string of the molecule is CC1=C(/C=C\C2=CCC[C@@]3(C)[C@@H]2CC[C@@H]3[C@H](C)CCCC(C)(C)O)C[C@@H](O)[C@@H](C)[C@@H]1O. The minimum absolute atomic E-state index is 0.0946. The van der Waals surface area contributed by atoms with E-state index in [0.717, 1.165) is 36.3 Å². The molecule has 0 amide bonds. The molecule has 3 N–H and O–H groups in total. The van der Waals surface area contributed by atoms with E-state index in [-0.39, 0.29) is 5.92 Å². The Bertz CT molecular complexity index is 725. The largest absolute Gasteiger partial charge is 0.392 e. The van der Waals surface area contributed by atoms with Crippen molar-refractivity contribution in [2.24, 2.45) is 29.1 Å². The number of hydrogen-bond donors (Lipinski definition) is 3. The lowest BCUT2D eigenvalue weighted by molar-refractivity contribution is 0.0299. The minimum Gasteiger partial charge on any atom is -0.392 e. The summed E-state index contributed by atoms with van der Waals surface area (Å²) in [4.78, 5) is 0. The molecule has 1 saturated carbocycles. The van der Waals surface area contributed by atoms with Crippen molar-refractivity contribution < 1.29 is 15.3 Å². The van der Waals surface area contributed by atoms with E-state index in [2.05, 4.69) is 32.1 Å². The first-order valence-corrected chi connectivity index (χ1v) is 12.6. The predicted molar refractivity (Wildman–Crippen MR) is 129 cm³/mol. The van der Waals surface area contributed by atoms with Crippen molar-refractivity contribution >= 4 is 0 Å². The number of aliphatic hydroxyl groups excluding tert-OH is 2. The predicted octanol–water partition coefficient (Wildman–Crippen LogP) is 5.95. The summed E-state index contributed by atoms with van der Waals surface area (Å²) in [5.41, 5.74) is 3.37. The van der Waals surface area contributed by atoms with Crippen LogP contribution in [-0.4, -0.2) is 33.1 Å². The van der Waals surface area contributed by atoms with Crippen LogP contribution in [0.3, 0.4) is 0 Å². The van der Waals surface area contributed by atoms with E-state index < -0.39 is 17.8 Å². The van der Waals surface area contributed by atoms with Gasteiger partial charge in [0.25, 0.3) is 0 Å². The molecule has 0 spiro atoms. The third-order valence-electron chi connectivity index (χ3n) is 8.97. The van der Waals surface area contributed by atoms with Crippen LogP contribution in [0.15, 0.2) is 34.9 Å². The molecule has 0 aromatic rings. The van der Waals surface area contributed by atoms with E-state index >= 15 is 0 Å². The van der Waals surface area contributed by atoms with Gasteiger partial charge in [-0.25, -0.2) is 0 Å². The van der Waals surface area contributed by atoms with Crippen molar-refractivity contribution in [3.8, 4) is 0 Å². The average Bonchev–Trinajstić information content (AvgIpc) is 3.04. The molecular formula is C28H46O3. The van der Waals surface area contributed by atoms with Crippen LogP contribution in [-0.2, 0) is 0 Å². The van der Waals surface area contributed by atoms with E-state index in [0.29, 0.717) is 23.7 Å². The Hall–Kier alpha value is -0.900. The summed E-state index contributed by atoms with van der Waals surface area (Å²) in [7, 11) is 0. The molecule has 176 valence electrons. The van der Waals surface area contributed by atoms with Crippen molar-refractivity contribution in [1.82, 2.24) is 0 Å². The van der Waals surface area contributed by atoms with Gasteiger partial charge in [-0.1, -0.05) is 51.8 Å². The van der Waals surface area contributed by atoms with E-state index in [1.807, 2.05) is 27.7 Å². The molecule has 0 unspecified atom stereocenters. The standard InChI is InChI=1S/C28H46O3/c1-18(9-7-15-27(4,5)31)23-13-14-24-21(10-8-16-28(23,24)6)11-12-22-17-25(29)20(3)26(30)19(22)2/h10-12,18,20,23-26,29-31H,7-9,13-17H2,1-6H3/b12-11-/t18-,20-,23-,24-,25-,26-,28-/m1/s1. The quantitative estimate of drug-likeness (QED) is 0.468. The highest BCUT2D eigenvalue weighted by Crippen LogP contribution is 2.58. The molecule has 0 radical (unpaired) electrons. The molecule has 7 atom stereocenters. The summed E-state index contributed by atoms with van der Waals surface area (Å²) < 4.78 is 0. The zero-order valence-corrected chi connectivity index (χ0v) is 20.7. The highest BCUT2D eigenvalue weighted by atomic mass is 16.3. The van der Waals surface area contributed by atoms with E-state index in [4.69, 9.17) is 0 Å². The maximum Gasteiger partial charge on any atom is 0.0803 e. The molecule has 3 heteroatoms. The molecule has 0 aromatic heterocycles. The fourth-order valence-corrected chi connectivity index (χ4v) is 6.80. The number of fused-ring (bicyclic) bond motifs is 1. The van der Waals surface area contributed by atoms with Gasteiger partial charge in [-0.05, 0) is 99.2 Å². The first kappa shape index (κ1) is 24.7. The number of aliphatic hydroxyl groups is 3. The lowest BCUT2D eigenvalue weighted by Crippen LogP contribution is -2.35. The second kappa shape index (κ2) is 9.53. The molecule has 3 aliphatic carbocycles. The molecule has 0 aliphatic heterocycles. The van der Waals surface area contributed by atoms with Gasteiger partial charge >= 0.3 is 0 Å². The fourth-order valence-electron chi connectivity index (χ4n) is 6.80. The molecule has 1 fully saturated rings. The Morgan fingerprint density at radius 1 is 1.23 bits per heavy atom. The monoisotopic (exact) mass is 430 g/mol. The summed E-state index contributed by atoms with van der Waals surface area (Å²) in [6.07, 6.45) is 14.7. The second-order valence-corrected chi connectivity index (χ2v) is 11.8. The van der Waals surface area contributed by atoms with Crippen LogP contribution >= 0.6 is 0 Å². The molecule has 0 bridgehead atoms. The zero-order chi connectivity index (χ0) is 23.0. The maximum absolute atomic E-state index is 10.5. The Balaban J connectivity index is 1.69. The summed E-state index contributed by atoms with van der Waals surface area (Å²) in [5, 5.41) is 30.8. The van der Waals surface area contributed by atoms with E-state index in [9.17, 15) is 15.3 Å². The van der Waals surface area contributed by atoms with Crippen LogP contribution < -0.4 is 0 Å². The van der Waals surface area contributed by atoms with E-state index in [1.54, 1.807) is 0 Å². The van der Waals surface area contributed by atoms with Crippen molar-refractivity contribution in [1.29, 1.82) is 0 Å². The van der Waals surface area contributed by atoms with Gasteiger partial charge in [-0.15, -0.1) is 0 Å². The molecule has 0 saturated heterocycles. The summed E-state index contributed by atoms with van der Waals surface area (Å²) in [6.45, 7) is 12.7. The number of allylic oxidation sites excluding steroid dienone is 4. The van der Waals surface area contributed by atoms with Crippen molar-refractivity contribution in [2.75, 3.05) is 0 Å². The summed E-state index contributed by atoms with van der Waals surface area (Å²) >= 11 is 0. The molecule has 0 heterocycles. The van der Waals surface area contributed by atoms with Crippen LogP contribution in [0.1, 0.15) is 92.9 Å². The van der Waals surface area contributed by atoms with Crippen LogP contribution in [0, 0.1) is 29.1 Å². The Labute approximate surface area is 190 Å². The van der Waals surface area contributed by atoms with Crippen LogP contribution in [0.25, 0.3) is 0 Å². The number of hydrogen-bond acceptors (Lipinski definition) is 3. The lowest BCUT2D eigenvalue weighted by atomic mass is 9.62. The minimum atomic E-state index is -0.557.